The number of nitrogens with zero attached hydrogens (tertiary/aromatic N) is 1. The lowest BCUT2D eigenvalue weighted by Gasteiger charge is -2.04. The second-order valence-corrected chi connectivity index (χ2v) is 5.85. The maximum atomic E-state index is 14.0. The van der Waals surface area contributed by atoms with E-state index < -0.39 is 0 Å². The van der Waals surface area contributed by atoms with Crippen LogP contribution in [0.15, 0.2) is 34.4 Å². The highest BCUT2D eigenvalue weighted by Gasteiger charge is 2.15. The smallest absolute Gasteiger partial charge is 0.260 e. The third-order valence-electron chi connectivity index (χ3n) is 3.43. The molecule has 5 nitrogen and oxygen atoms in total. The van der Waals surface area contributed by atoms with Gasteiger partial charge >= 0.3 is 0 Å². The van der Waals surface area contributed by atoms with E-state index in [-0.39, 0.29) is 11.4 Å². The van der Waals surface area contributed by atoms with Crippen LogP contribution in [0.3, 0.4) is 0 Å². The summed E-state index contributed by atoms with van der Waals surface area (Å²) in [6.07, 6.45) is 0. The first-order valence-electron chi connectivity index (χ1n) is 7.15. The summed E-state index contributed by atoms with van der Waals surface area (Å²) in [6, 6.07) is 6.42. The standard InChI is InChI=1S/C16H16FN3O2S/c1-22-7-6-18-8-13-19-15(21)14-11(9-23-16(14)20-13)10-4-2-3-5-12(10)17/h2-5,9,18H,6-8H2,1H3,(H,19,20,21). The van der Waals surface area contributed by atoms with Crippen molar-refractivity contribution in [1.82, 2.24) is 15.3 Å². The Bertz CT molecular complexity index is 875. The molecule has 1 aromatic carbocycles. The molecule has 0 bridgehead atoms. The van der Waals surface area contributed by atoms with Gasteiger partial charge in [0.05, 0.1) is 18.5 Å². The van der Waals surface area contributed by atoms with E-state index in [1.165, 1.54) is 17.4 Å². The fourth-order valence-corrected chi connectivity index (χ4v) is 3.29. The van der Waals surface area contributed by atoms with Gasteiger partial charge in [-0.05, 0) is 6.07 Å². The van der Waals surface area contributed by atoms with Gasteiger partial charge in [-0.3, -0.25) is 4.79 Å². The van der Waals surface area contributed by atoms with Gasteiger partial charge in [0.15, 0.2) is 0 Å². The van der Waals surface area contributed by atoms with Gasteiger partial charge in [0.1, 0.15) is 16.5 Å². The van der Waals surface area contributed by atoms with Crippen LogP contribution in [0.1, 0.15) is 5.82 Å². The van der Waals surface area contributed by atoms with Crippen molar-refractivity contribution in [3.05, 3.63) is 51.6 Å². The third-order valence-corrected chi connectivity index (χ3v) is 4.30. The summed E-state index contributed by atoms with van der Waals surface area (Å²) in [7, 11) is 1.63. The molecule has 0 spiro atoms. The topological polar surface area (TPSA) is 67.0 Å². The van der Waals surface area contributed by atoms with E-state index in [9.17, 15) is 9.18 Å². The molecule has 7 heteroatoms. The molecule has 0 amide bonds. The molecule has 0 aliphatic rings. The molecule has 3 rings (SSSR count). The fraction of sp³-hybridized carbons (Fsp3) is 0.250. The number of hydrogen-bond donors (Lipinski definition) is 2. The van der Waals surface area contributed by atoms with Gasteiger partial charge in [0.25, 0.3) is 5.56 Å². The highest BCUT2D eigenvalue weighted by Crippen LogP contribution is 2.32. The first-order chi connectivity index (χ1) is 11.2. The molecule has 0 fully saturated rings. The molecule has 2 N–H and O–H groups in total. The molecule has 120 valence electrons. The summed E-state index contributed by atoms with van der Waals surface area (Å²) in [4.78, 5) is 20.2. The fourth-order valence-electron chi connectivity index (χ4n) is 2.34. The van der Waals surface area contributed by atoms with Crippen LogP contribution >= 0.6 is 11.3 Å². The summed E-state index contributed by atoms with van der Waals surface area (Å²) in [5, 5.41) is 5.33. The summed E-state index contributed by atoms with van der Waals surface area (Å²) >= 11 is 1.34. The van der Waals surface area contributed by atoms with Gasteiger partial charge in [0, 0.05) is 30.2 Å². The Morgan fingerprint density at radius 3 is 2.96 bits per heavy atom. The van der Waals surface area contributed by atoms with Crippen molar-refractivity contribution in [2.75, 3.05) is 20.3 Å². The Labute approximate surface area is 136 Å². The second-order valence-electron chi connectivity index (χ2n) is 4.99. The minimum atomic E-state index is -0.350. The predicted molar refractivity (Wildman–Crippen MR) is 89.2 cm³/mol. The molecule has 3 aromatic rings. The third kappa shape index (κ3) is 3.31. The first kappa shape index (κ1) is 15.8. The quantitative estimate of drug-likeness (QED) is 0.680. The van der Waals surface area contributed by atoms with E-state index in [0.717, 1.165) is 0 Å². The van der Waals surface area contributed by atoms with Gasteiger partial charge in [-0.2, -0.15) is 0 Å². The van der Waals surface area contributed by atoms with Crippen LogP contribution in [0.4, 0.5) is 4.39 Å². The van der Waals surface area contributed by atoms with Crippen molar-refractivity contribution >= 4 is 21.6 Å². The molecule has 23 heavy (non-hydrogen) atoms. The van der Waals surface area contributed by atoms with E-state index in [0.29, 0.717) is 46.9 Å². The van der Waals surface area contributed by atoms with Crippen molar-refractivity contribution in [2.45, 2.75) is 6.54 Å². The number of rotatable bonds is 6. The normalized spacial score (nSPS) is 11.2. The highest BCUT2D eigenvalue weighted by molar-refractivity contribution is 7.17. The molecule has 0 aliphatic carbocycles. The average Bonchev–Trinajstić information content (AvgIpc) is 2.96. The van der Waals surface area contributed by atoms with Gasteiger partial charge in [-0.1, -0.05) is 18.2 Å². The second kappa shape index (κ2) is 6.99. The number of fused-ring (bicyclic) bond motifs is 1. The number of ether oxygens (including phenoxy) is 1. The van der Waals surface area contributed by atoms with E-state index in [2.05, 4.69) is 15.3 Å². The van der Waals surface area contributed by atoms with Crippen molar-refractivity contribution in [1.29, 1.82) is 0 Å². The Hall–Kier alpha value is -2.09. The SMILES string of the molecule is COCCNCc1nc2scc(-c3ccccc3F)c2c(=O)[nH]1. The van der Waals surface area contributed by atoms with E-state index >= 15 is 0 Å². The number of H-pyrrole nitrogens is 1. The van der Waals surface area contributed by atoms with Crippen LogP contribution in [0.25, 0.3) is 21.3 Å². The zero-order valence-electron chi connectivity index (χ0n) is 12.6. The number of aromatic amines is 1. The molecule has 2 aromatic heterocycles. The maximum Gasteiger partial charge on any atom is 0.260 e. The first-order valence-corrected chi connectivity index (χ1v) is 8.03. The zero-order chi connectivity index (χ0) is 16.2. The zero-order valence-corrected chi connectivity index (χ0v) is 13.4. The van der Waals surface area contributed by atoms with Crippen LogP contribution in [0.2, 0.25) is 0 Å². The lowest BCUT2D eigenvalue weighted by Crippen LogP contribution is -2.22. The minimum Gasteiger partial charge on any atom is -0.383 e. The molecule has 0 unspecified atom stereocenters. The van der Waals surface area contributed by atoms with Crippen molar-refractivity contribution in [3.8, 4) is 11.1 Å². The van der Waals surface area contributed by atoms with Crippen molar-refractivity contribution < 1.29 is 9.13 Å². The molecular formula is C16H16FN3O2S. The Morgan fingerprint density at radius 2 is 2.17 bits per heavy atom. The largest absolute Gasteiger partial charge is 0.383 e. The van der Waals surface area contributed by atoms with Gasteiger partial charge in [0.2, 0.25) is 0 Å². The molecular weight excluding hydrogens is 317 g/mol. The van der Waals surface area contributed by atoms with Crippen LogP contribution in [-0.2, 0) is 11.3 Å². The number of nitrogens with one attached hydrogen (secondary N) is 2. The van der Waals surface area contributed by atoms with Crippen molar-refractivity contribution in [2.24, 2.45) is 0 Å². The van der Waals surface area contributed by atoms with Crippen molar-refractivity contribution in [3.63, 3.8) is 0 Å². The molecule has 0 saturated heterocycles. The Morgan fingerprint density at radius 1 is 1.35 bits per heavy atom. The van der Waals surface area contributed by atoms with E-state index in [1.807, 2.05) is 0 Å². The maximum absolute atomic E-state index is 14.0. The van der Waals surface area contributed by atoms with E-state index in [4.69, 9.17) is 4.74 Å². The Balaban J connectivity index is 1.96. The molecule has 0 saturated carbocycles. The van der Waals surface area contributed by atoms with Crippen LogP contribution in [-0.4, -0.2) is 30.2 Å². The monoisotopic (exact) mass is 333 g/mol. The van der Waals surface area contributed by atoms with Crippen LogP contribution < -0.4 is 10.9 Å². The summed E-state index contributed by atoms with van der Waals surface area (Å²) in [5.74, 6) is 0.206. The summed E-state index contributed by atoms with van der Waals surface area (Å²) in [5.41, 5.74) is 0.741. The summed E-state index contributed by atoms with van der Waals surface area (Å²) in [6.45, 7) is 1.70. The average molecular weight is 333 g/mol. The predicted octanol–water partition coefficient (Wildman–Crippen LogP) is 2.53. The lowest BCUT2D eigenvalue weighted by atomic mass is 10.1. The minimum absolute atomic E-state index is 0.252. The van der Waals surface area contributed by atoms with Gasteiger partial charge < -0.3 is 15.0 Å². The molecule has 0 atom stereocenters. The molecule has 0 aliphatic heterocycles. The van der Waals surface area contributed by atoms with Crippen LogP contribution in [0, 0.1) is 5.82 Å². The van der Waals surface area contributed by atoms with Crippen LogP contribution in [0.5, 0.6) is 0 Å². The van der Waals surface area contributed by atoms with E-state index in [1.54, 1.807) is 30.7 Å². The number of aromatic nitrogens is 2. The molecule has 2 heterocycles. The Kier molecular flexibility index (Phi) is 4.80. The highest BCUT2D eigenvalue weighted by atomic mass is 32.1. The number of halogens is 1. The molecule has 0 radical (unpaired) electrons. The summed E-state index contributed by atoms with van der Waals surface area (Å²) < 4.78 is 18.9. The number of hydrogen-bond acceptors (Lipinski definition) is 5. The number of thiophene rings is 1. The lowest BCUT2D eigenvalue weighted by molar-refractivity contribution is 0.199. The van der Waals surface area contributed by atoms with Gasteiger partial charge in [-0.15, -0.1) is 11.3 Å². The number of methoxy groups -OCH3 is 1. The number of benzene rings is 1. The van der Waals surface area contributed by atoms with Gasteiger partial charge in [-0.25, -0.2) is 9.37 Å².